The van der Waals surface area contributed by atoms with Gasteiger partial charge in [-0.1, -0.05) is 19.9 Å². The molecule has 2 atom stereocenters. The Morgan fingerprint density at radius 3 is 2.80 bits per heavy atom. The summed E-state index contributed by atoms with van der Waals surface area (Å²) in [4.78, 5) is 13.6. The molecule has 2 unspecified atom stereocenters. The van der Waals surface area contributed by atoms with Crippen LogP contribution in [-0.4, -0.2) is 17.8 Å². The fourth-order valence-electron chi connectivity index (χ4n) is 3.64. The monoisotopic (exact) mass is 362 g/mol. The summed E-state index contributed by atoms with van der Waals surface area (Å²) in [5.41, 5.74) is 0.731. The quantitative estimate of drug-likeness (QED) is 0.780. The van der Waals surface area contributed by atoms with Crippen molar-refractivity contribution in [3.05, 3.63) is 49.7 Å². The minimum Gasteiger partial charge on any atom is -0.507 e. The van der Waals surface area contributed by atoms with Crippen molar-refractivity contribution < 1.29 is 14.3 Å². The fraction of sp³-hybridized carbons (Fsp3) is 0.550. The maximum atomic E-state index is 12.6. The molecule has 0 aromatic carbocycles. The number of hydrogen-bond donors (Lipinski definition) is 1. The summed E-state index contributed by atoms with van der Waals surface area (Å²) in [7, 11) is 0. The predicted octanol–water partition coefficient (Wildman–Crippen LogP) is 4.62. The Balaban J connectivity index is 1.94. The summed E-state index contributed by atoms with van der Waals surface area (Å²) < 4.78 is 11.5. The van der Waals surface area contributed by atoms with Gasteiger partial charge in [0.2, 0.25) is 0 Å². The molecule has 5 heteroatoms. The van der Waals surface area contributed by atoms with Crippen molar-refractivity contribution in [2.45, 2.75) is 64.4 Å². The third-order valence-corrected chi connectivity index (χ3v) is 5.91. The maximum absolute atomic E-state index is 12.6. The number of hydrogen-bond acceptors (Lipinski definition) is 5. The molecular formula is C20H26O4S. The van der Waals surface area contributed by atoms with Crippen LogP contribution in [0, 0.1) is 0 Å². The molecule has 1 aliphatic heterocycles. The van der Waals surface area contributed by atoms with Gasteiger partial charge in [0.25, 0.3) is 0 Å². The highest BCUT2D eigenvalue weighted by atomic mass is 32.1. The van der Waals surface area contributed by atoms with Crippen LogP contribution in [0.25, 0.3) is 0 Å². The molecule has 0 aliphatic carbocycles. The van der Waals surface area contributed by atoms with E-state index < -0.39 is 5.63 Å². The van der Waals surface area contributed by atoms with Gasteiger partial charge in [-0.2, -0.15) is 0 Å². The summed E-state index contributed by atoms with van der Waals surface area (Å²) in [6, 6.07) is 3.91. The molecule has 3 rings (SSSR count). The lowest BCUT2D eigenvalue weighted by atomic mass is 9.90. The Labute approximate surface area is 152 Å². The zero-order valence-electron chi connectivity index (χ0n) is 14.9. The summed E-state index contributed by atoms with van der Waals surface area (Å²) in [5, 5.41) is 12.7. The van der Waals surface area contributed by atoms with Gasteiger partial charge in [-0.05, 0) is 43.6 Å². The molecule has 0 bridgehead atoms. The van der Waals surface area contributed by atoms with E-state index in [1.54, 1.807) is 11.3 Å². The van der Waals surface area contributed by atoms with Crippen molar-refractivity contribution in [2.24, 2.45) is 0 Å². The normalized spacial score (nSPS) is 18.6. The van der Waals surface area contributed by atoms with Crippen LogP contribution in [0.15, 0.2) is 26.7 Å². The molecule has 2 aromatic heterocycles. The Morgan fingerprint density at radius 2 is 2.20 bits per heavy atom. The van der Waals surface area contributed by atoms with Crippen LogP contribution < -0.4 is 5.63 Å². The molecule has 3 heterocycles. The smallest absolute Gasteiger partial charge is 0.343 e. The van der Waals surface area contributed by atoms with Gasteiger partial charge in [0, 0.05) is 29.4 Å². The van der Waals surface area contributed by atoms with Crippen molar-refractivity contribution in [1.29, 1.82) is 0 Å². The number of aromatic hydroxyl groups is 1. The second-order valence-corrected chi connectivity index (χ2v) is 7.68. The third kappa shape index (κ3) is 3.98. The maximum Gasteiger partial charge on any atom is 0.343 e. The van der Waals surface area contributed by atoms with Crippen LogP contribution in [0.1, 0.15) is 67.2 Å². The fourth-order valence-corrected chi connectivity index (χ4v) is 4.36. The highest BCUT2D eigenvalue weighted by Crippen LogP contribution is 2.36. The van der Waals surface area contributed by atoms with Crippen molar-refractivity contribution in [3.8, 4) is 5.75 Å². The van der Waals surface area contributed by atoms with Crippen LogP contribution in [0.5, 0.6) is 5.75 Å². The molecule has 1 saturated heterocycles. The molecule has 2 aromatic rings. The molecule has 0 spiro atoms. The Kier molecular flexibility index (Phi) is 5.97. The van der Waals surface area contributed by atoms with Gasteiger partial charge in [0.1, 0.15) is 11.5 Å². The number of rotatable bonds is 7. The van der Waals surface area contributed by atoms with Crippen molar-refractivity contribution >= 4 is 11.3 Å². The average molecular weight is 362 g/mol. The standard InChI is InChI=1S/C20H26O4S/c1-3-13(11-14-7-5-9-23-14)19-16(4-2)18(21)17(20(22)24-19)12-15-8-6-10-25-15/h6,8,10,13-14,21H,3-5,7,9,11-12H2,1-2H3. The molecule has 0 radical (unpaired) electrons. The summed E-state index contributed by atoms with van der Waals surface area (Å²) in [6.07, 6.45) is 5.15. The van der Waals surface area contributed by atoms with E-state index in [0.29, 0.717) is 24.2 Å². The van der Waals surface area contributed by atoms with Gasteiger partial charge >= 0.3 is 5.63 Å². The lowest BCUT2D eigenvalue weighted by Crippen LogP contribution is -2.17. The Hall–Kier alpha value is -1.59. The zero-order chi connectivity index (χ0) is 17.8. The largest absolute Gasteiger partial charge is 0.507 e. The molecule has 0 saturated carbocycles. The highest BCUT2D eigenvalue weighted by Gasteiger charge is 2.27. The van der Waals surface area contributed by atoms with Crippen LogP contribution in [0.2, 0.25) is 0 Å². The second-order valence-electron chi connectivity index (χ2n) is 6.65. The van der Waals surface area contributed by atoms with E-state index in [1.165, 1.54) is 0 Å². The van der Waals surface area contributed by atoms with Gasteiger partial charge in [-0.15, -0.1) is 11.3 Å². The average Bonchev–Trinajstić information content (AvgIpc) is 3.30. The minimum absolute atomic E-state index is 0.104. The molecule has 136 valence electrons. The van der Waals surface area contributed by atoms with E-state index in [0.717, 1.165) is 42.7 Å². The van der Waals surface area contributed by atoms with Crippen molar-refractivity contribution in [3.63, 3.8) is 0 Å². The lowest BCUT2D eigenvalue weighted by Gasteiger charge is -2.21. The molecule has 25 heavy (non-hydrogen) atoms. The molecule has 0 amide bonds. The van der Waals surface area contributed by atoms with Crippen molar-refractivity contribution in [1.82, 2.24) is 0 Å². The second kappa shape index (κ2) is 8.19. The first-order chi connectivity index (χ1) is 12.1. The summed E-state index contributed by atoms with van der Waals surface area (Å²) in [5.74, 6) is 0.873. The predicted molar refractivity (Wildman–Crippen MR) is 99.8 cm³/mol. The van der Waals surface area contributed by atoms with Gasteiger partial charge in [-0.25, -0.2) is 4.79 Å². The van der Waals surface area contributed by atoms with E-state index in [-0.39, 0.29) is 17.8 Å². The van der Waals surface area contributed by atoms with Gasteiger partial charge in [-0.3, -0.25) is 0 Å². The van der Waals surface area contributed by atoms with Gasteiger partial charge < -0.3 is 14.3 Å². The van der Waals surface area contributed by atoms with Crippen LogP contribution >= 0.6 is 11.3 Å². The number of ether oxygens (including phenoxy) is 1. The van der Waals surface area contributed by atoms with E-state index in [1.807, 2.05) is 24.4 Å². The topological polar surface area (TPSA) is 59.7 Å². The van der Waals surface area contributed by atoms with E-state index in [2.05, 4.69) is 6.92 Å². The van der Waals surface area contributed by atoms with E-state index >= 15 is 0 Å². The first-order valence-electron chi connectivity index (χ1n) is 9.15. The summed E-state index contributed by atoms with van der Waals surface area (Å²) >= 11 is 1.58. The third-order valence-electron chi connectivity index (χ3n) is 5.04. The van der Waals surface area contributed by atoms with Crippen molar-refractivity contribution in [2.75, 3.05) is 6.61 Å². The van der Waals surface area contributed by atoms with Crippen LogP contribution in [0.4, 0.5) is 0 Å². The zero-order valence-corrected chi connectivity index (χ0v) is 15.7. The van der Waals surface area contributed by atoms with Crippen LogP contribution in [0.3, 0.4) is 0 Å². The molecule has 1 aliphatic rings. The Bertz CT molecular complexity index is 742. The first kappa shape index (κ1) is 18.2. The lowest BCUT2D eigenvalue weighted by molar-refractivity contribution is 0.0946. The summed E-state index contributed by atoms with van der Waals surface area (Å²) in [6.45, 7) is 4.90. The van der Waals surface area contributed by atoms with E-state index in [4.69, 9.17) is 9.15 Å². The first-order valence-corrected chi connectivity index (χ1v) is 10.0. The Morgan fingerprint density at radius 1 is 1.36 bits per heavy atom. The number of thiophene rings is 1. The molecule has 1 fully saturated rings. The van der Waals surface area contributed by atoms with Gasteiger partial charge in [0.05, 0.1) is 11.7 Å². The molecular weight excluding hydrogens is 336 g/mol. The minimum atomic E-state index is -0.413. The van der Waals surface area contributed by atoms with E-state index in [9.17, 15) is 9.90 Å². The SMILES string of the molecule is CCc1c(C(CC)CC2CCCO2)oc(=O)c(Cc2cccs2)c1O. The van der Waals surface area contributed by atoms with Crippen LogP contribution in [-0.2, 0) is 17.6 Å². The highest BCUT2D eigenvalue weighted by molar-refractivity contribution is 7.09. The molecule has 4 nitrogen and oxygen atoms in total. The molecule has 1 N–H and O–H groups in total. The van der Waals surface area contributed by atoms with Gasteiger partial charge in [0.15, 0.2) is 0 Å².